The van der Waals surface area contributed by atoms with Gasteiger partial charge in [0, 0.05) is 49.4 Å². The molecule has 70 heavy (non-hydrogen) atoms. The van der Waals surface area contributed by atoms with Crippen LogP contribution in [0.4, 0.5) is 26.3 Å². The van der Waals surface area contributed by atoms with E-state index in [1.807, 2.05) is 170 Å². The molecule has 10 heteroatoms. The number of aromatic nitrogens is 4. The Kier molecular flexibility index (Phi) is 10.0. The predicted octanol–water partition coefficient (Wildman–Crippen LogP) is 17.0. The Hall–Kier alpha value is -8.76. The standard InChI is InChI=1S/C60H36F6N4/c61-59(62,63)42-19-11-18-41(32-42)58-56(69-52-26-9-7-20-44(52)46-30-28-39(33-54(46)69)50-24-12-22-48(67-50)37-14-3-1-4-15-37)35-43(60(64,65)66)36-57(58)70-53-27-10-8-21-45(53)47-31-29-40(34-55(47)70)51-25-13-23-49(68-51)38-16-5-2-6-17-38/h1-36H. The SMILES string of the molecule is FC(F)(F)c1cccc(-c2c(-n3c4ccccc4c4ccc(-c5cccc(-c6ccccc6)n5)cc43)cc(C(F)(F)F)cc2-n2c3ccccc3c3ccc(-c4cccc(-c5ccccc5)n4)cc32)c1. The van der Waals surface area contributed by atoms with Crippen molar-refractivity contribution >= 4 is 43.6 Å². The monoisotopic (exact) mass is 926 g/mol. The van der Waals surface area contributed by atoms with Crippen LogP contribution in [0.15, 0.2) is 218 Å². The molecule has 0 aliphatic heterocycles. The number of para-hydroxylation sites is 2. The van der Waals surface area contributed by atoms with Crippen molar-refractivity contribution in [1.29, 1.82) is 0 Å². The smallest absolute Gasteiger partial charge is 0.309 e. The van der Waals surface area contributed by atoms with Gasteiger partial charge >= 0.3 is 12.4 Å². The van der Waals surface area contributed by atoms with E-state index in [4.69, 9.17) is 9.97 Å². The molecule has 0 unspecified atom stereocenters. The molecule has 0 saturated heterocycles. The number of fused-ring (bicyclic) bond motifs is 6. The zero-order chi connectivity index (χ0) is 47.7. The van der Waals surface area contributed by atoms with Gasteiger partial charge in [-0.15, -0.1) is 0 Å². The largest absolute Gasteiger partial charge is 0.416 e. The molecule has 0 aliphatic rings. The average Bonchev–Trinajstić information content (AvgIpc) is 3.90. The second kappa shape index (κ2) is 16.5. The first kappa shape index (κ1) is 42.6. The first-order valence-corrected chi connectivity index (χ1v) is 22.5. The molecule has 12 rings (SSSR count). The van der Waals surface area contributed by atoms with Crippen molar-refractivity contribution < 1.29 is 26.3 Å². The molecule has 0 aliphatic carbocycles. The summed E-state index contributed by atoms with van der Waals surface area (Å²) in [5.41, 5.74) is 6.56. The lowest BCUT2D eigenvalue weighted by Gasteiger charge is -2.23. The van der Waals surface area contributed by atoms with Crippen molar-refractivity contribution in [3.05, 3.63) is 230 Å². The summed E-state index contributed by atoms with van der Waals surface area (Å²) in [4.78, 5) is 10.0. The van der Waals surface area contributed by atoms with Gasteiger partial charge in [-0.05, 0) is 78.4 Å². The fraction of sp³-hybridized carbons (Fsp3) is 0.0333. The van der Waals surface area contributed by atoms with Crippen LogP contribution in [0, 0.1) is 0 Å². The normalized spacial score (nSPS) is 12.1. The Bertz CT molecular complexity index is 3760. The zero-order valence-electron chi connectivity index (χ0n) is 36.8. The molecule has 0 N–H and O–H groups in total. The summed E-state index contributed by atoms with van der Waals surface area (Å²) in [7, 11) is 0. The Balaban J connectivity index is 1.19. The molecule has 0 bridgehead atoms. The molecule has 0 saturated carbocycles. The lowest BCUT2D eigenvalue weighted by Crippen LogP contribution is -2.11. The van der Waals surface area contributed by atoms with Crippen molar-refractivity contribution in [2.45, 2.75) is 12.4 Å². The van der Waals surface area contributed by atoms with Crippen molar-refractivity contribution in [1.82, 2.24) is 19.1 Å². The van der Waals surface area contributed by atoms with Gasteiger partial charge in [-0.3, -0.25) is 0 Å². The van der Waals surface area contributed by atoms with Gasteiger partial charge in [0.05, 0.1) is 67.3 Å². The zero-order valence-corrected chi connectivity index (χ0v) is 36.8. The van der Waals surface area contributed by atoms with Gasteiger partial charge in [-0.25, -0.2) is 9.97 Å². The van der Waals surface area contributed by atoms with Gasteiger partial charge in [-0.1, -0.05) is 146 Å². The van der Waals surface area contributed by atoms with Crippen LogP contribution in [0.2, 0.25) is 0 Å². The van der Waals surface area contributed by atoms with Crippen LogP contribution in [0.5, 0.6) is 0 Å². The number of hydrogen-bond donors (Lipinski definition) is 0. The van der Waals surface area contributed by atoms with Gasteiger partial charge in [0.25, 0.3) is 0 Å². The number of rotatable bonds is 7. The Morgan fingerprint density at radius 1 is 0.286 bits per heavy atom. The van der Waals surface area contributed by atoms with E-state index in [-0.39, 0.29) is 22.5 Å². The van der Waals surface area contributed by atoms with E-state index >= 15 is 13.2 Å². The van der Waals surface area contributed by atoms with Crippen molar-refractivity contribution in [3.8, 4) is 67.5 Å². The highest BCUT2D eigenvalue weighted by molar-refractivity contribution is 6.13. The first-order chi connectivity index (χ1) is 34.0. The molecule has 12 aromatic rings. The minimum atomic E-state index is -4.88. The minimum Gasteiger partial charge on any atom is -0.309 e. The van der Waals surface area contributed by atoms with Crippen molar-refractivity contribution in [3.63, 3.8) is 0 Å². The van der Waals surface area contributed by atoms with E-state index in [2.05, 4.69) is 0 Å². The third-order valence-corrected chi connectivity index (χ3v) is 13.0. The van der Waals surface area contributed by atoms with Crippen LogP contribution in [-0.4, -0.2) is 19.1 Å². The van der Waals surface area contributed by atoms with Gasteiger partial charge in [0.1, 0.15) is 0 Å². The van der Waals surface area contributed by atoms with E-state index in [1.165, 1.54) is 12.1 Å². The third-order valence-electron chi connectivity index (χ3n) is 13.0. The molecule has 0 atom stereocenters. The van der Waals surface area contributed by atoms with E-state index in [9.17, 15) is 13.2 Å². The summed E-state index contributed by atoms with van der Waals surface area (Å²) >= 11 is 0. The van der Waals surface area contributed by atoms with Gasteiger partial charge in [0.15, 0.2) is 0 Å². The first-order valence-electron chi connectivity index (χ1n) is 22.5. The van der Waals surface area contributed by atoms with Crippen LogP contribution in [0.1, 0.15) is 11.1 Å². The Morgan fingerprint density at radius 3 is 1.13 bits per heavy atom. The lowest BCUT2D eigenvalue weighted by atomic mass is 9.96. The number of nitrogens with zero attached hydrogens (tertiary/aromatic N) is 4. The molecule has 8 aromatic carbocycles. The molecule has 4 heterocycles. The highest BCUT2D eigenvalue weighted by Gasteiger charge is 2.36. The number of benzene rings is 8. The molecular formula is C60H36F6N4. The van der Waals surface area contributed by atoms with E-state index < -0.39 is 23.5 Å². The van der Waals surface area contributed by atoms with Gasteiger partial charge < -0.3 is 9.13 Å². The van der Waals surface area contributed by atoms with Crippen LogP contribution >= 0.6 is 0 Å². The van der Waals surface area contributed by atoms with Crippen LogP contribution in [0.3, 0.4) is 0 Å². The second-order valence-corrected chi connectivity index (χ2v) is 17.2. The maximum Gasteiger partial charge on any atom is 0.416 e. The highest BCUT2D eigenvalue weighted by Crippen LogP contribution is 2.47. The summed E-state index contributed by atoms with van der Waals surface area (Å²) < 4.78 is 95.3. The summed E-state index contributed by atoms with van der Waals surface area (Å²) in [5, 5.41) is 2.96. The minimum absolute atomic E-state index is 0.0396. The summed E-state index contributed by atoms with van der Waals surface area (Å²) in [6.07, 6.45) is -9.64. The Labute approximate surface area is 397 Å². The lowest BCUT2D eigenvalue weighted by molar-refractivity contribution is -0.138. The van der Waals surface area contributed by atoms with Crippen molar-refractivity contribution in [2.24, 2.45) is 0 Å². The fourth-order valence-corrected chi connectivity index (χ4v) is 9.78. The van der Waals surface area contributed by atoms with Crippen LogP contribution < -0.4 is 0 Å². The summed E-state index contributed by atoms with van der Waals surface area (Å²) in [6.45, 7) is 0. The number of hydrogen-bond acceptors (Lipinski definition) is 2. The predicted molar refractivity (Wildman–Crippen MR) is 268 cm³/mol. The number of pyridine rings is 2. The molecule has 338 valence electrons. The molecule has 0 amide bonds. The van der Waals surface area contributed by atoms with E-state index in [0.717, 1.165) is 68.3 Å². The molecule has 0 spiro atoms. The Morgan fingerprint density at radius 2 is 0.671 bits per heavy atom. The van der Waals surface area contributed by atoms with E-state index in [0.29, 0.717) is 44.6 Å². The van der Waals surface area contributed by atoms with Crippen LogP contribution in [-0.2, 0) is 12.4 Å². The molecule has 0 radical (unpaired) electrons. The van der Waals surface area contributed by atoms with Gasteiger partial charge in [0.2, 0.25) is 0 Å². The highest BCUT2D eigenvalue weighted by atomic mass is 19.4. The third kappa shape index (κ3) is 7.36. The topological polar surface area (TPSA) is 35.6 Å². The van der Waals surface area contributed by atoms with Gasteiger partial charge in [-0.2, -0.15) is 26.3 Å². The van der Waals surface area contributed by atoms with Crippen molar-refractivity contribution in [2.75, 3.05) is 0 Å². The second-order valence-electron chi connectivity index (χ2n) is 17.2. The maximum absolute atomic E-state index is 15.8. The summed E-state index contributed by atoms with van der Waals surface area (Å²) in [6, 6.07) is 64.0. The summed E-state index contributed by atoms with van der Waals surface area (Å²) in [5.74, 6) is 0. The fourth-order valence-electron chi connectivity index (χ4n) is 9.78. The van der Waals surface area contributed by atoms with E-state index in [1.54, 1.807) is 21.3 Å². The molecular weight excluding hydrogens is 891 g/mol. The molecule has 0 fully saturated rings. The molecule has 4 aromatic heterocycles. The quantitative estimate of drug-likeness (QED) is 0.149. The average molecular weight is 927 g/mol. The number of halogens is 6. The maximum atomic E-state index is 15.8. The van der Waals surface area contributed by atoms with Crippen LogP contribution in [0.25, 0.3) is 111 Å². The molecule has 4 nitrogen and oxygen atoms in total. The number of alkyl halides is 6.